The minimum Gasteiger partial charge on any atom is -0.448 e. The van der Waals surface area contributed by atoms with E-state index in [4.69, 9.17) is 0 Å². The molecule has 0 bridgehead atoms. The van der Waals surface area contributed by atoms with Gasteiger partial charge in [-0.1, -0.05) is 0 Å². The maximum Gasteiger partial charge on any atom is 0.407 e. The van der Waals surface area contributed by atoms with Crippen molar-refractivity contribution >= 4 is 6.09 Å². The third-order valence-corrected chi connectivity index (χ3v) is 0.605. The van der Waals surface area contributed by atoms with E-state index in [0.29, 0.717) is 13.2 Å². The summed E-state index contributed by atoms with van der Waals surface area (Å²) in [6.45, 7) is 1.19. The molecule has 0 aliphatic carbocycles. The van der Waals surface area contributed by atoms with Crippen LogP contribution in [0.1, 0.15) is 1.43 Å². The van der Waals surface area contributed by atoms with Gasteiger partial charge >= 0.3 is 6.09 Å². The van der Waals surface area contributed by atoms with Crippen LogP contribution in [0, 0.1) is 0 Å². The Morgan fingerprint density at radius 1 is 2.00 bits per heavy atom. The number of carbonyl (C=O) groups is 1. The van der Waals surface area contributed by atoms with Crippen molar-refractivity contribution in [3.8, 4) is 0 Å². The summed E-state index contributed by atoms with van der Waals surface area (Å²) >= 11 is 0. The first-order valence-electron chi connectivity index (χ1n) is 1.80. The molecule has 1 heterocycles. The molecule has 6 heavy (non-hydrogen) atoms. The van der Waals surface area contributed by atoms with Gasteiger partial charge in [0.25, 0.3) is 0 Å². The Labute approximate surface area is 36.8 Å². The largest absolute Gasteiger partial charge is 0.448 e. The highest BCUT2D eigenvalue weighted by molar-refractivity contribution is 5.68. The lowest BCUT2D eigenvalue weighted by atomic mass is 10.7. The first kappa shape index (κ1) is 3.46. The predicted octanol–water partition coefficient (Wildman–Crippen LogP) is -0.0278. The van der Waals surface area contributed by atoms with Gasteiger partial charge in [-0.25, -0.2) is 4.79 Å². The second-order valence-electron chi connectivity index (χ2n) is 1.06. The summed E-state index contributed by atoms with van der Waals surface area (Å²) in [7, 11) is 0. The van der Waals surface area contributed by atoms with Crippen molar-refractivity contribution in [2.75, 3.05) is 13.2 Å². The molecule has 1 saturated heterocycles. The standard InChI is InChI=1S/C3H5NO2.H2/c5-3-4-1-2-6-3;/h1-2H2,(H,4,5);1H. The fourth-order valence-corrected chi connectivity index (χ4v) is 0.348. The molecular weight excluding hydrogens is 82.0 g/mol. The van der Waals surface area contributed by atoms with Crippen LogP contribution in [0.5, 0.6) is 0 Å². The lowest BCUT2D eigenvalue weighted by molar-refractivity contribution is 0.178. The Morgan fingerprint density at radius 2 is 2.83 bits per heavy atom. The predicted molar refractivity (Wildman–Crippen MR) is 21.5 cm³/mol. The van der Waals surface area contributed by atoms with Crippen molar-refractivity contribution in [1.29, 1.82) is 0 Å². The molecule has 1 fully saturated rings. The topological polar surface area (TPSA) is 38.3 Å². The quantitative estimate of drug-likeness (QED) is 0.452. The summed E-state index contributed by atoms with van der Waals surface area (Å²) in [4.78, 5) is 9.91. The van der Waals surface area contributed by atoms with Gasteiger partial charge in [0.1, 0.15) is 6.61 Å². The highest BCUT2D eigenvalue weighted by atomic mass is 16.6. The fourth-order valence-electron chi connectivity index (χ4n) is 0.348. The van der Waals surface area contributed by atoms with Gasteiger partial charge in [-0.3, -0.25) is 0 Å². The molecule has 3 heteroatoms. The highest BCUT2D eigenvalue weighted by Gasteiger charge is 2.06. The number of ether oxygens (including phenoxy) is 1. The van der Waals surface area contributed by atoms with Crippen LogP contribution >= 0.6 is 0 Å². The fraction of sp³-hybridized carbons (Fsp3) is 0.667. The number of rotatable bonds is 0. The first-order valence-corrected chi connectivity index (χ1v) is 1.80. The minimum atomic E-state index is -0.296. The molecular formula is C3H7NO2. The lowest BCUT2D eigenvalue weighted by Gasteiger charge is -1.80. The molecule has 0 unspecified atom stereocenters. The van der Waals surface area contributed by atoms with E-state index in [1.54, 1.807) is 0 Å². The van der Waals surface area contributed by atoms with Crippen molar-refractivity contribution < 1.29 is 11.0 Å². The first-order chi connectivity index (χ1) is 2.89. The molecule has 1 aliphatic rings. The van der Waals surface area contributed by atoms with E-state index in [-0.39, 0.29) is 7.52 Å². The number of hydrogen-bond acceptors (Lipinski definition) is 2. The number of carbonyl (C=O) groups excluding carboxylic acids is 1. The van der Waals surface area contributed by atoms with Gasteiger partial charge in [0.2, 0.25) is 0 Å². The van der Waals surface area contributed by atoms with Crippen LogP contribution in [-0.4, -0.2) is 19.2 Å². The zero-order valence-electron chi connectivity index (χ0n) is 3.23. The Bertz CT molecular complexity index is 67.3. The third kappa shape index (κ3) is 0.429. The van der Waals surface area contributed by atoms with Crippen LogP contribution in [0.3, 0.4) is 0 Å². The maximum absolute atomic E-state index is 9.91. The van der Waals surface area contributed by atoms with Crippen LogP contribution in [0.15, 0.2) is 0 Å². The van der Waals surface area contributed by atoms with Crippen molar-refractivity contribution in [1.82, 2.24) is 5.32 Å². The van der Waals surface area contributed by atoms with E-state index >= 15 is 0 Å². The molecule has 36 valence electrons. The third-order valence-electron chi connectivity index (χ3n) is 0.605. The Hall–Kier alpha value is -0.730. The molecule has 0 spiro atoms. The molecule has 0 radical (unpaired) electrons. The monoisotopic (exact) mass is 89.0 g/mol. The van der Waals surface area contributed by atoms with Crippen LogP contribution in [0.25, 0.3) is 0 Å². The molecule has 0 aromatic carbocycles. The molecule has 3 nitrogen and oxygen atoms in total. The number of nitrogens with one attached hydrogen (secondary N) is 1. The summed E-state index contributed by atoms with van der Waals surface area (Å²) in [6, 6.07) is 0. The normalized spacial score (nSPS) is 19.7. The van der Waals surface area contributed by atoms with Gasteiger partial charge in [0.05, 0.1) is 6.54 Å². The number of alkyl carbamates (subject to hydrolysis) is 1. The van der Waals surface area contributed by atoms with Crippen LogP contribution in [0.2, 0.25) is 0 Å². The molecule has 1 aliphatic heterocycles. The number of hydrogen-bond donors (Lipinski definition) is 1. The number of amides is 1. The Morgan fingerprint density at radius 3 is 3.00 bits per heavy atom. The summed E-state index contributed by atoms with van der Waals surface area (Å²) in [6.07, 6.45) is -0.296. The highest BCUT2D eigenvalue weighted by Crippen LogP contribution is 1.82. The summed E-state index contributed by atoms with van der Waals surface area (Å²) < 4.78 is 4.40. The van der Waals surface area contributed by atoms with Crippen molar-refractivity contribution in [3.05, 3.63) is 0 Å². The second kappa shape index (κ2) is 1.16. The zero-order valence-corrected chi connectivity index (χ0v) is 3.23. The summed E-state index contributed by atoms with van der Waals surface area (Å²) in [5.74, 6) is 0. The van der Waals surface area contributed by atoms with Crippen LogP contribution in [-0.2, 0) is 4.74 Å². The van der Waals surface area contributed by atoms with E-state index in [2.05, 4.69) is 10.1 Å². The molecule has 1 rings (SSSR count). The van der Waals surface area contributed by atoms with Crippen molar-refractivity contribution in [2.45, 2.75) is 0 Å². The van der Waals surface area contributed by atoms with Crippen LogP contribution < -0.4 is 5.32 Å². The van der Waals surface area contributed by atoms with Crippen molar-refractivity contribution in [3.63, 3.8) is 0 Å². The molecule has 0 saturated carbocycles. The smallest absolute Gasteiger partial charge is 0.407 e. The van der Waals surface area contributed by atoms with E-state index in [1.807, 2.05) is 0 Å². The molecule has 1 N–H and O–H groups in total. The van der Waals surface area contributed by atoms with Gasteiger partial charge in [-0.15, -0.1) is 0 Å². The maximum atomic E-state index is 9.91. The lowest BCUT2D eigenvalue weighted by Crippen LogP contribution is -2.11. The molecule has 0 atom stereocenters. The Balaban J connectivity index is 0.000000360. The average molecular weight is 89.1 g/mol. The van der Waals surface area contributed by atoms with Crippen molar-refractivity contribution in [2.24, 2.45) is 0 Å². The van der Waals surface area contributed by atoms with E-state index in [9.17, 15) is 4.79 Å². The Kier molecular flexibility index (Phi) is 0.670. The molecule has 1 amide bonds. The SMILES string of the molecule is O=C1NCCO1.[HH]. The second-order valence-corrected chi connectivity index (χ2v) is 1.06. The van der Waals surface area contributed by atoms with Gasteiger partial charge in [0.15, 0.2) is 0 Å². The zero-order chi connectivity index (χ0) is 4.41. The number of cyclic esters (lactones) is 1. The van der Waals surface area contributed by atoms with E-state index in [0.717, 1.165) is 0 Å². The van der Waals surface area contributed by atoms with Gasteiger partial charge in [0, 0.05) is 1.43 Å². The molecule has 0 aromatic heterocycles. The summed E-state index contributed by atoms with van der Waals surface area (Å²) in [5, 5.41) is 2.46. The van der Waals surface area contributed by atoms with E-state index < -0.39 is 0 Å². The molecule has 0 aromatic rings. The van der Waals surface area contributed by atoms with Gasteiger partial charge in [-0.05, 0) is 0 Å². The van der Waals surface area contributed by atoms with Crippen LogP contribution in [0.4, 0.5) is 4.79 Å². The minimum absolute atomic E-state index is 0. The van der Waals surface area contributed by atoms with E-state index in [1.165, 1.54) is 0 Å². The van der Waals surface area contributed by atoms with Gasteiger partial charge in [-0.2, -0.15) is 0 Å². The summed E-state index contributed by atoms with van der Waals surface area (Å²) in [5.41, 5.74) is 0. The average Bonchev–Trinajstić information content (AvgIpc) is 1.86. The van der Waals surface area contributed by atoms with Gasteiger partial charge < -0.3 is 10.1 Å².